The van der Waals surface area contributed by atoms with Gasteiger partial charge in [0.15, 0.2) is 0 Å². The van der Waals surface area contributed by atoms with Crippen LogP contribution in [-0.4, -0.2) is 34.1 Å². The van der Waals surface area contributed by atoms with Gasteiger partial charge < -0.3 is 9.47 Å². The summed E-state index contributed by atoms with van der Waals surface area (Å²) in [4.78, 5) is 12.1. The summed E-state index contributed by atoms with van der Waals surface area (Å²) in [6.07, 6.45) is -0.246. The summed E-state index contributed by atoms with van der Waals surface area (Å²) in [6.45, 7) is 6.19. The maximum Gasteiger partial charge on any atom is 0.379 e. The van der Waals surface area contributed by atoms with Crippen molar-refractivity contribution in [2.45, 2.75) is 50.3 Å². The van der Waals surface area contributed by atoms with Crippen molar-refractivity contribution in [3.63, 3.8) is 0 Å². The van der Waals surface area contributed by atoms with E-state index in [4.69, 9.17) is 4.74 Å². The van der Waals surface area contributed by atoms with Gasteiger partial charge in [0.1, 0.15) is 11.3 Å². The predicted molar refractivity (Wildman–Crippen MR) is 98.5 cm³/mol. The Hall–Kier alpha value is -1.06. The van der Waals surface area contributed by atoms with Crippen LogP contribution < -0.4 is 9.46 Å². The third-order valence-electron chi connectivity index (χ3n) is 4.03. The molecule has 2 atom stereocenters. The average molecular weight is 454 g/mol. The third kappa shape index (κ3) is 3.80. The van der Waals surface area contributed by atoms with Crippen molar-refractivity contribution in [2.24, 2.45) is 0 Å². The van der Waals surface area contributed by atoms with Gasteiger partial charge in [-0.3, -0.25) is 0 Å². The number of benzene rings is 1. The number of esters is 1. The summed E-state index contributed by atoms with van der Waals surface area (Å²) in [6, 6.07) is 4.64. The van der Waals surface area contributed by atoms with Crippen molar-refractivity contribution in [3.8, 4) is 5.75 Å². The fraction of sp³-hybridized carbons (Fsp3) is 0.588. The third-order valence-corrected chi connectivity index (χ3v) is 6.17. The number of alkyl halides is 2. The molecule has 0 spiro atoms. The van der Waals surface area contributed by atoms with Crippen molar-refractivity contribution in [1.82, 2.24) is 4.72 Å². The first kappa shape index (κ1) is 21.2. The molecule has 0 amide bonds. The molecular weight excluding hydrogens is 432 g/mol. The van der Waals surface area contributed by atoms with Crippen molar-refractivity contribution in [1.29, 1.82) is 0 Å². The lowest BCUT2D eigenvalue weighted by Crippen LogP contribution is -2.63. The van der Waals surface area contributed by atoms with Gasteiger partial charge in [-0.25, -0.2) is 13.7 Å². The highest BCUT2D eigenvalue weighted by Gasteiger charge is 2.64. The Balaban J connectivity index is 2.67. The van der Waals surface area contributed by atoms with Crippen LogP contribution in [0.1, 0.15) is 39.7 Å². The minimum atomic E-state index is -3.96. The quantitative estimate of drug-likeness (QED) is 0.690. The van der Waals surface area contributed by atoms with Crippen LogP contribution in [0.2, 0.25) is 0 Å². The van der Waals surface area contributed by atoms with E-state index in [0.717, 1.165) is 0 Å². The highest BCUT2D eigenvalue weighted by molar-refractivity contribution is 9.10. The van der Waals surface area contributed by atoms with Gasteiger partial charge in [0.2, 0.25) is 0 Å². The normalized spacial score (nSPS) is 21.5. The zero-order chi connectivity index (χ0) is 19.8. The maximum atomic E-state index is 15.4. The van der Waals surface area contributed by atoms with E-state index in [-0.39, 0.29) is 30.9 Å². The molecule has 0 fully saturated rings. The summed E-state index contributed by atoms with van der Waals surface area (Å²) in [5.41, 5.74) is -2.15. The van der Waals surface area contributed by atoms with Crippen LogP contribution in [0.15, 0.2) is 22.7 Å². The zero-order valence-electron chi connectivity index (χ0n) is 15.0. The van der Waals surface area contributed by atoms with E-state index in [0.29, 0.717) is 4.47 Å². The number of halogens is 3. The number of hydrogen-bond acceptors (Lipinski definition) is 4. The van der Waals surface area contributed by atoms with Gasteiger partial charge in [-0.15, -0.1) is 0 Å². The number of carbonyl (C=O) groups excluding carboxylic acids is 1. The van der Waals surface area contributed by atoms with E-state index in [9.17, 15) is 9.00 Å². The van der Waals surface area contributed by atoms with Crippen LogP contribution in [0.3, 0.4) is 0 Å². The Morgan fingerprint density at radius 3 is 2.65 bits per heavy atom. The summed E-state index contributed by atoms with van der Waals surface area (Å²) in [7, 11) is -1.86. The second kappa shape index (κ2) is 7.52. The molecule has 0 saturated carbocycles. The fourth-order valence-corrected chi connectivity index (χ4v) is 3.94. The van der Waals surface area contributed by atoms with E-state index < -0.39 is 33.2 Å². The van der Waals surface area contributed by atoms with Crippen LogP contribution in [0.25, 0.3) is 0 Å². The van der Waals surface area contributed by atoms with Crippen molar-refractivity contribution >= 4 is 32.9 Å². The minimum absolute atomic E-state index is 0.0576. The van der Waals surface area contributed by atoms with E-state index in [1.54, 1.807) is 26.8 Å². The Labute approximate surface area is 162 Å². The van der Waals surface area contributed by atoms with E-state index in [1.165, 1.54) is 19.1 Å². The van der Waals surface area contributed by atoms with Gasteiger partial charge >= 0.3 is 11.9 Å². The van der Waals surface area contributed by atoms with Crippen LogP contribution in [0.5, 0.6) is 5.75 Å². The number of fused-ring (bicyclic) bond motifs is 1. The van der Waals surface area contributed by atoms with E-state index in [2.05, 4.69) is 25.4 Å². The smallest absolute Gasteiger partial charge is 0.379 e. The fourth-order valence-electron chi connectivity index (χ4n) is 2.61. The van der Waals surface area contributed by atoms with E-state index in [1.807, 2.05) is 0 Å². The summed E-state index contributed by atoms with van der Waals surface area (Å²) in [5.74, 6) is -5.41. The molecule has 0 radical (unpaired) electrons. The molecule has 5 nitrogen and oxygen atoms in total. The molecule has 1 heterocycles. The zero-order valence-corrected chi connectivity index (χ0v) is 17.4. The second-order valence-electron chi connectivity index (χ2n) is 6.92. The average Bonchev–Trinajstić information content (AvgIpc) is 2.54. The van der Waals surface area contributed by atoms with Gasteiger partial charge in [-0.2, -0.15) is 8.78 Å². The van der Waals surface area contributed by atoms with Crippen molar-refractivity contribution in [3.05, 3.63) is 28.2 Å². The number of ether oxygens (including phenoxy) is 2. The molecule has 1 aliphatic heterocycles. The van der Waals surface area contributed by atoms with E-state index >= 15 is 8.78 Å². The minimum Gasteiger partial charge on any atom is -0.493 e. The lowest BCUT2D eigenvalue weighted by atomic mass is 9.79. The Morgan fingerprint density at radius 2 is 2.08 bits per heavy atom. The van der Waals surface area contributed by atoms with Crippen LogP contribution in [-0.2, 0) is 26.1 Å². The summed E-state index contributed by atoms with van der Waals surface area (Å²) in [5, 5.41) is 0. The lowest BCUT2D eigenvalue weighted by Gasteiger charge is -2.43. The van der Waals surface area contributed by atoms with Crippen molar-refractivity contribution in [2.75, 3.05) is 13.2 Å². The SMILES string of the molecule is CCOC(=O)C(F)(F)C1(NS(=O)C(C)(C)C)CCOc2ccc(Br)cc21. The van der Waals surface area contributed by atoms with Gasteiger partial charge in [-0.1, -0.05) is 15.9 Å². The molecule has 146 valence electrons. The Kier molecular flexibility index (Phi) is 6.14. The molecule has 0 saturated heterocycles. The molecule has 0 aliphatic carbocycles. The molecule has 1 aromatic carbocycles. The van der Waals surface area contributed by atoms with Crippen LogP contribution in [0, 0.1) is 0 Å². The molecule has 2 rings (SSSR count). The van der Waals surface area contributed by atoms with Crippen molar-refractivity contribution < 1.29 is 27.3 Å². The first-order valence-electron chi connectivity index (χ1n) is 8.13. The summed E-state index contributed by atoms with van der Waals surface area (Å²) < 4.78 is 55.8. The van der Waals surface area contributed by atoms with Gasteiger partial charge in [-0.05, 0) is 45.9 Å². The molecule has 1 aliphatic rings. The Bertz CT molecular complexity index is 723. The monoisotopic (exact) mass is 453 g/mol. The Morgan fingerprint density at radius 1 is 1.42 bits per heavy atom. The number of hydrogen-bond donors (Lipinski definition) is 1. The highest BCUT2D eigenvalue weighted by atomic mass is 79.9. The largest absolute Gasteiger partial charge is 0.493 e. The molecule has 2 unspecified atom stereocenters. The first-order chi connectivity index (χ1) is 12.0. The molecule has 0 bridgehead atoms. The molecule has 26 heavy (non-hydrogen) atoms. The second-order valence-corrected chi connectivity index (χ2v) is 9.80. The van der Waals surface area contributed by atoms with Gasteiger partial charge in [0.25, 0.3) is 0 Å². The molecule has 1 aromatic rings. The summed E-state index contributed by atoms with van der Waals surface area (Å²) >= 11 is 3.26. The molecule has 9 heteroatoms. The highest BCUT2D eigenvalue weighted by Crippen LogP contribution is 2.48. The maximum absolute atomic E-state index is 15.4. The van der Waals surface area contributed by atoms with Gasteiger partial charge in [0.05, 0.1) is 28.9 Å². The standard InChI is InChI=1S/C17H22BrF2NO4S/c1-5-24-14(22)17(19,20)16(21-26(23)15(2,3)4)8-9-25-13-7-6-11(18)10-12(13)16/h6-7,10,21H,5,8-9H2,1-4H3. The number of nitrogens with one attached hydrogen (secondary N) is 1. The van der Waals surface area contributed by atoms with Gasteiger partial charge in [0, 0.05) is 16.5 Å². The molecule has 0 aromatic heterocycles. The molecular formula is C17H22BrF2NO4S. The molecule has 1 N–H and O–H groups in total. The van der Waals surface area contributed by atoms with Crippen LogP contribution >= 0.6 is 15.9 Å². The lowest BCUT2D eigenvalue weighted by molar-refractivity contribution is -0.187. The number of carbonyl (C=O) groups is 1. The first-order valence-corrected chi connectivity index (χ1v) is 10.1. The number of rotatable bonds is 5. The predicted octanol–water partition coefficient (Wildman–Crippen LogP) is 3.68. The van der Waals surface area contributed by atoms with Crippen LogP contribution in [0.4, 0.5) is 8.78 Å². The topological polar surface area (TPSA) is 64.6 Å².